The number of hydrogen-bond donors (Lipinski definition) is 2. The number of aromatic nitrogens is 2. The Bertz CT molecular complexity index is 1210. The van der Waals surface area contributed by atoms with Gasteiger partial charge in [0, 0.05) is 6.07 Å². The average molecular weight is 472 g/mol. The number of nitrogens with one attached hydrogen (secondary N) is 1. The summed E-state index contributed by atoms with van der Waals surface area (Å²) in [5.41, 5.74) is -1.96. The van der Waals surface area contributed by atoms with Gasteiger partial charge in [-0.1, -0.05) is 18.2 Å². The zero-order chi connectivity index (χ0) is 25.1. The molecule has 0 aliphatic carbocycles. The van der Waals surface area contributed by atoms with Crippen molar-refractivity contribution in [3.8, 4) is 11.6 Å². The first-order chi connectivity index (χ1) is 15.8. The molecule has 0 saturated heterocycles. The van der Waals surface area contributed by atoms with Crippen molar-refractivity contribution in [1.29, 1.82) is 0 Å². The summed E-state index contributed by atoms with van der Waals surface area (Å²) in [7, 11) is 0. The lowest BCUT2D eigenvalue weighted by Crippen LogP contribution is -2.38. The fraction of sp³-hybridized carbons (Fsp3) is 0.375. The number of nitrogens with zero attached hydrogens (tertiary/aromatic N) is 2. The van der Waals surface area contributed by atoms with Crippen molar-refractivity contribution in [1.82, 2.24) is 9.71 Å². The Kier molecular flexibility index (Phi) is 7.13. The van der Waals surface area contributed by atoms with Gasteiger partial charge >= 0.3 is 11.7 Å². The maximum absolute atomic E-state index is 13.1. The Balaban J connectivity index is 2.03. The highest BCUT2D eigenvalue weighted by Crippen LogP contribution is 2.23. The lowest BCUT2D eigenvalue weighted by Gasteiger charge is -2.25. The zero-order valence-corrected chi connectivity index (χ0v) is 20.0. The predicted molar refractivity (Wildman–Crippen MR) is 126 cm³/mol. The van der Waals surface area contributed by atoms with Gasteiger partial charge in [0.2, 0.25) is 12.3 Å². The maximum Gasteiger partial charge on any atom is 0.534 e. The van der Waals surface area contributed by atoms with Gasteiger partial charge in [0.15, 0.2) is 0 Å². The van der Waals surface area contributed by atoms with Gasteiger partial charge in [-0.3, -0.25) is 9.63 Å². The molecule has 0 fully saturated rings. The second kappa shape index (κ2) is 9.70. The molecule has 3 rings (SSSR count). The summed E-state index contributed by atoms with van der Waals surface area (Å²) in [5, 5.41) is 12.8. The number of rotatable bonds is 6. The fourth-order valence-corrected chi connectivity index (χ4v) is 2.84. The molecular weight excluding hydrogens is 442 g/mol. The number of carbonyl (C=O) groups excluding carboxylic acids is 1. The molecule has 10 nitrogen and oxygen atoms in total. The molecule has 0 amide bonds. The molecule has 0 aliphatic heterocycles. The Hall–Kier alpha value is -3.63. The molecule has 2 heterocycles. The van der Waals surface area contributed by atoms with Crippen LogP contribution in [0.4, 0.5) is 10.5 Å². The van der Waals surface area contributed by atoms with Crippen LogP contribution in [-0.2, 0) is 9.47 Å². The lowest BCUT2D eigenvalue weighted by molar-refractivity contribution is -0.148. The summed E-state index contributed by atoms with van der Waals surface area (Å²) in [6.45, 7) is 10.2. The van der Waals surface area contributed by atoms with Crippen molar-refractivity contribution in [2.75, 3.05) is 5.32 Å². The molecule has 0 radical (unpaired) electrons. The number of benzene rings is 1. The monoisotopic (exact) mass is 471 g/mol. The summed E-state index contributed by atoms with van der Waals surface area (Å²) < 4.78 is 17.1. The highest BCUT2D eigenvalue weighted by atomic mass is 16.8. The van der Waals surface area contributed by atoms with Gasteiger partial charge in [-0.15, -0.1) is 4.73 Å². The Morgan fingerprint density at radius 2 is 1.71 bits per heavy atom. The fourth-order valence-electron chi connectivity index (χ4n) is 2.84. The molecule has 182 valence electrons. The van der Waals surface area contributed by atoms with E-state index in [1.54, 1.807) is 53.7 Å². The normalized spacial score (nSPS) is 12.8. The average Bonchev–Trinajstić information content (AvgIpc) is 2.69. The summed E-state index contributed by atoms with van der Waals surface area (Å²) >= 11 is 0. The molecular formula is C24H29N3O7. The lowest BCUT2D eigenvalue weighted by atomic mass is 10.2. The van der Waals surface area contributed by atoms with E-state index in [1.165, 1.54) is 18.2 Å². The predicted octanol–water partition coefficient (Wildman–Crippen LogP) is 4.06. The molecule has 0 aliphatic rings. The van der Waals surface area contributed by atoms with Crippen LogP contribution < -0.4 is 20.5 Å². The summed E-state index contributed by atoms with van der Waals surface area (Å²) in [6.07, 6.45) is -2.59. The van der Waals surface area contributed by atoms with E-state index in [-0.39, 0.29) is 22.6 Å². The number of anilines is 1. The first-order valence-corrected chi connectivity index (χ1v) is 10.6. The van der Waals surface area contributed by atoms with Crippen LogP contribution in [0.1, 0.15) is 41.5 Å². The van der Waals surface area contributed by atoms with E-state index in [4.69, 9.17) is 19.0 Å². The third-order valence-corrected chi connectivity index (χ3v) is 4.06. The molecule has 10 heteroatoms. The Morgan fingerprint density at radius 3 is 2.32 bits per heavy atom. The summed E-state index contributed by atoms with van der Waals surface area (Å²) in [5.74, 6) is 0.818. The molecule has 1 unspecified atom stereocenters. The minimum Gasteiger partial charge on any atom is -0.439 e. The quantitative estimate of drug-likeness (QED) is 0.405. The highest BCUT2D eigenvalue weighted by molar-refractivity contribution is 5.79. The molecule has 0 bridgehead atoms. The number of aliphatic hydroxyl groups is 1. The maximum atomic E-state index is 13.1. The van der Waals surface area contributed by atoms with Crippen molar-refractivity contribution in [3.05, 3.63) is 58.9 Å². The largest absolute Gasteiger partial charge is 0.534 e. The second-order valence-electron chi connectivity index (χ2n) is 9.41. The standard InChI is InChI=1S/C24H29N3O7/c1-23(2,3)32-21(29)26-17-14-16-18(27(20(17)28)34-22(30)33-24(4,5)6)12-13-19(25-16)31-15-10-8-7-9-11-15/h7-14,21,26,29H,1-6H3. The number of para-hydroxylation sites is 1. The smallest absolute Gasteiger partial charge is 0.439 e. The molecule has 3 aromatic rings. The number of carbonyl (C=O) groups is 1. The Morgan fingerprint density at radius 1 is 1.03 bits per heavy atom. The molecule has 1 aromatic carbocycles. The molecule has 0 spiro atoms. The zero-order valence-electron chi connectivity index (χ0n) is 20.0. The van der Waals surface area contributed by atoms with Gasteiger partial charge in [0.25, 0.3) is 0 Å². The van der Waals surface area contributed by atoms with Crippen LogP contribution in [-0.4, -0.2) is 38.6 Å². The van der Waals surface area contributed by atoms with E-state index < -0.39 is 29.3 Å². The van der Waals surface area contributed by atoms with E-state index in [0.717, 1.165) is 4.73 Å². The topological polar surface area (TPSA) is 121 Å². The first kappa shape index (κ1) is 25.0. The third kappa shape index (κ3) is 6.93. The van der Waals surface area contributed by atoms with Crippen molar-refractivity contribution in [3.63, 3.8) is 0 Å². The van der Waals surface area contributed by atoms with Crippen LogP contribution >= 0.6 is 0 Å². The molecule has 2 N–H and O–H groups in total. The second-order valence-corrected chi connectivity index (χ2v) is 9.41. The van der Waals surface area contributed by atoms with E-state index >= 15 is 0 Å². The first-order valence-electron chi connectivity index (χ1n) is 10.6. The van der Waals surface area contributed by atoms with Gasteiger partial charge in [0.05, 0.1) is 11.1 Å². The van der Waals surface area contributed by atoms with Crippen molar-refractivity contribution in [2.45, 2.75) is 59.2 Å². The molecule has 0 saturated carbocycles. The summed E-state index contributed by atoms with van der Waals surface area (Å²) in [6, 6.07) is 13.5. The van der Waals surface area contributed by atoms with Gasteiger partial charge < -0.3 is 24.6 Å². The number of ether oxygens (including phenoxy) is 3. The van der Waals surface area contributed by atoms with Crippen LogP contribution in [0.2, 0.25) is 0 Å². The molecule has 34 heavy (non-hydrogen) atoms. The van der Waals surface area contributed by atoms with Gasteiger partial charge in [-0.05, 0) is 65.8 Å². The highest BCUT2D eigenvalue weighted by Gasteiger charge is 2.23. The minimum absolute atomic E-state index is 0.114. The van der Waals surface area contributed by atoms with Crippen LogP contribution in [0.25, 0.3) is 11.0 Å². The van der Waals surface area contributed by atoms with Crippen LogP contribution in [0.5, 0.6) is 11.6 Å². The number of hydrogen-bond acceptors (Lipinski definition) is 9. The van der Waals surface area contributed by atoms with Crippen LogP contribution in [0.15, 0.2) is 53.3 Å². The third-order valence-electron chi connectivity index (χ3n) is 4.06. The number of aliphatic hydroxyl groups excluding tert-OH is 1. The minimum atomic E-state index is -1.51. The SMILES string of the molecule is CC(C)(C)OC(=O)On1c(=O)c(NC(O)OC(C)(C)C)cc2nc(Oc3ccccc3)ccc21. The van der Waals surface area contributed by atoms with Crippen LogP contribution in [0.3, 0.4) is 0 Å². The van der Waals surface area contributed by atoms with Crippen molar-refractivity contribution in [2.24, 2.45) is 0 Å². The van der Waals surface area contributed by atoms with Crippen molar-refractivity contribution >= 4 is 22.9 Å². The van der Waals surface area contributed by atoms with Crippen LogP contribution in [0, 0.1) is 0 Å². The van der Waals surface area contributed by atoms with Gasteiger partial charge in [-0.25, -0.2) is 9.78 Å². The van der Waals surface area contributed by atoms with Gasteiger partial charge in [-0.2, -0.15) is 0 Å². The number of pyridine rings is 2. The Labute approximate surface area is 197 Å². The van der Waals surface area contributed by atoms with Gasteiger partial charge in [0.1, 0.15) is 22.6 Å². The van der Waals surface area contributed by atoms with E-state index in [9.17, 15) is 14.7 Å². The van der Waals surface area contributed by atoms with E-state index in [0.29, 0.717) is 5.75 Å². The summed E-state index contributed by atoms with van der Waals surface area (Å²) in [4.78, 5) is 35.0. The molecule has 2 aromatic heterocycles. The molecule has 1 atom stereocenters. The van der Waals surface area contributed by atoms with E-state index in [2.05, 4.69) is 10.3 Å². The van der Waals surface area contributed by atoms with E-state index in [1.807, 2.05) is 18.2 Å². The number of fused-ring (bicyclic) bond motifs is 1. The van der Waals surface area contributed by atoms with Crippen molar-refractivity contribution < 1.29 is 28.9 Å².